The first-order valence-corrected chi connectivity index (χ1v) is 33.2. The van der Waals surface area contributed by atoms with Crippen LogP contribution in [0, 0.1) is 0 Å². The van der Waals surface area contributed by atoms with Crippen molar-refractivity contribution in [2.75, 3.05) is 9.80 Å². The third-order valence-corrected chi connectivity index (χ3v) is 27.6. The minimum Gasteiger partial charge on any atom is -0.311 e. The van der Waals surface area contributed by atoms with Crippen molar-refractivity contribution in [1.29, 1.82) is 0 Å². The summed E-state index contributed by atoms with van der Waals surface area (Å²) >= 11 is 0. The van der Waals surface area contributed by atoms with Gasteiger partial charge in [0.15, 0.2) is 16.1 Å². The SMILES string of the molecule is c1ccc(N2c3ccccc3B3c4ccc([Si](c5ccccc5)(c5ccccc5)c5ccccc5)cc4N(c4ccccc4[Si](c4ccccc4)(c4ccccc4)c4ccccc4)c4cc(-n5c6ccccc6c6ccccc65)cc2c43)cc1. The Kier molecular flexibility index (Phi) is 12.0. The Hall–Kier alpha value is -10.2. The van der Waals surface area contributed by atoms with E-state index >= 15 is 0 Å². The van der Waals surface area contributed by atoms with E-state index < -0.39 is 16.1 Å². The summed E-state index contributed by atoms with van der Waals surface area (Å²) < 4.78 is 2.52. The smallest absolute Gasteiger partial charge is 0.252 e. The standard InChI is InChI=1S/C78H56BN3Si2/c1-8-30-57(31-9-1)80-72-49-27-24-46-68(72)79-69-53-52-65(83(59-32-10-2-11-33-59,60-34-12-3-13-35-60)61-36-14-4-15-37-61)56-74(69)82(76-55-58(54-75(80)78(76)79)81-70-47-25-22-44-66(70)67-45-23-26-48-71(67)81)73-50-28-29-51-77(73)84(62-38-16-5-17-39-62,63-40-18-6-19-41-63)64-42-20-7-21-43-64/h1-56H. The van der Waals surface area contributed by atoms with Crippen molar-refractivity contribution in [2.24, 2.45) is 0 Å². The molecule has 0 unspecified atom stereocenters. The maximum absolute atomic E-state index is 3.22. The maximum atomic E-state index is 2.73. The Morgan fingerprint density at radius 3 is 1.12 bits per heavy atom. The van der Waals surface area contributed by atoms with E-state index in [1.165, 1.54) is 91.1 Å². The molecule has 0 bridgehead atoms. The van der Waals surface area contributed by atoms with Crippen LogP contribution < -0.4 is 67.7 Å². The summed E-state index contributed by atoms with van der Waals surface area (Å²) in [5.41, 5.74) is 14.2. The zero-order chi connectivity index (χ0) is 55.6. The predicted octanol–water partition coefficient (Wildman–Crippen LogP) is 11.6. The molecule has 0 atom stereocenters. The lowest BCUT2D eigenvalue weighted by Gasteiger charge is -2.46. The quantitative estimate of drug-likeness (QED) is 0.0945. The van der Waals surface area contributed by atoms with Crippen molar-refractivity contribution >= 4 is 137 Å². The van der Waals surface area contributed by atoms with Gasteiger partial charge in [-0.15, -0.1) is 0 Å². The number of hydrogen-bond donors (Lipinski definition) is 0. The molecule has 0 fully saturated rings. The zero-order valence-electron chi connectivity index (χ0n) is 46.3. The van der Waals surface area contributed by atoms with Gasteiger partial charge in [0.2, 0.25) is 0 Å². The van der Waals surface area contributed by atoms with Gasteiger partial charge in [0.1, 0.15) is 0 Å². The summed E-state index contributed by atoms with van der Waals surface area (Å²) in [5.74, 6) is 0. The van der Waals surface area contributed by atoms with Gasteiger partial charge < -0.3 is 14.4 Å². The molecule has 2 aliphatic rings. The van der Waals surface area contributed by atoms with E-state index in [2.05, 4.69) is 354 Å². The van der Waals surface area contributed by atoms with E-state index in [1.807, 2.05) is 0 Å². The molecule has 6 heteroatoms. The third-order valence-electron chi connectivity index (χ3n) is 18.0. The molecule has 0 saturated carbocycles. The highest BCUT2D eigenvalue weighted by Gasteiger charge is 2.49. The first-order valence-electron chi connectivity index (χ1n) is 29.2. The van der Waals surface area contributed by atoms with E-state index in [0.29, 0.717) is 0 Å². The van der Waals surface area contributed by atoms with Gasteiger partial charge in [-0.05, 0) is 112 Å². The fourth-order valence-electron chi connectivity index (χ4n) is 14.7. The minimum absolute atomic E-state index is 0.119. The predicted molar refractivity (Wildman–Crippen MR) is 362 cm³/mol. The lowest BCUT2D eigenvalue weighted by molar-refractivity contribution is 1.16. The summed E-state index contributed by atoms with van der Waals surface area (Å²) in [6.07, 6.45) is 0. The van der Waals surface area contributed by atoms with Crippen LogP contribution in [0.2, 0.25) is 0 Å². The van der Waals surface area contributed by atoms with Crippen LogP contribution in [0.5, 0.6) is 0 Å². The molecule has 84 heavy (non-hydrogen) atoms. The van der Waals surface area contributed by atoms with E-state index in [9.17, 15) is 0 Å². The highest BCUT2D eigenvalue weighted by Crippen LogP contribution is 2.46. The van der Waals surface area contributed by atoms with Crippen LogP contribution in [0.4, 0.5) is 34.1 Å². The van der Waals surface area contributed by atoms with Crippen molar-refractivity contribution in [2.45, 2.75) is 0 Å². The first kappa shape index (κ1) is 49.6. The molecule has 3 nitrogen and oxygen atoms in total. The van der Waals surface area contributed by atoms with E-state index in [0.717, 1.165) is 28.4 Å². The molecule has 0 N–H and O–H groups in total. The summed E-state index contributed by atoms with van der Waals surface area (Å²) in [7, 11) is -6.31. The van der Waals surface area contributed by atoms with Crippen LogP contribution in [0.25, 0.3) is 27.5 Å². The molecule has 13 aromatic carbocycles. The van der Waals surface area contributed by atoms with Gasteiger partial charge in [0, 0.05) is 44.9 Å². The molecule has 0 radical (unpaired) electrons. The lowest BCUT2D eigenvalue weighted by atomic mass is 9.33. The molecule has 0 spiro atoms. The molecule has 16 rings (SSSR count). The molecule has 0 amide bonds. The number of benzene rings is 13. The fourth-order valence-corrected chi connectivity index (χ4v) is 24.4. The summed E-state index contributed by atoms with van der Waals surface area (Å²) in [6, 6.07) is 129. The summed E-state index contributed by atoms with van der Waals surface area (Å²) in [5, 5.41) is 13.1. The zero-order valence-corrected chi connectivity index (χ0v) is 48.3. The Balaban J connectivity index is 1.10. The largest absolute Gasteiger partial charge is 0.311 e. The van der Waals surface area contributed by atoms with Gasteiger partial charge in [-0.25, -0.2) is 0 Å². The van der Waals surface area contributed by atoms with Crippen LogP contribution in [0.15, 0.2) is 340 Å². The van der Waals surface area contributed by atoms with Gasteiger partial charge in [-0.2, -0.15) is 0 Å². The van der Waals surface area contributed by atoms with Crippen molar-refractivity contribution in [3.05, 3.63) is 340 Å². The monoisotopic (exact) mass is 1100 g/mol. The average Bonchev–Trinajstić information content (AvgIpc) is 1.11. The molecule has 2 aliphatic heterocycles. The Labute approximate surface area is 493 Å². The summed E-state index contributed by atoms with van der Waals surface area (Å²) in [6.45, 7) is -0.119. The number of anilines is 6. The van der Waals surface area contributed by atoms with Crippen LogP contribution in [-0.4, -0.2) is 27.4 Å². The Bertz CT molecular complexity index is 4490. The Morgan fingerprint density at radius 2 is 0.619 bits per heavy atom. The highest BCUT2D eigenvalue weighted by atomic mass is 28.3. The second-order valence-corrected chi connectivity index (χ2v) is 29.8. The molecule has 1 aromatic heterocycles. The average molecular weight is 1100 g/mol. The van der Waals surface area contributed by atoms with Crippen LogP contribution in [0.3, 0.4) is 0 Å². The van der Waals surface area contributed by atoms with Crippen molar-refractivity contribution < 1.29 is 0 Å². The first-order chi connectivity index (χ1) is 41.7. The third kappa shape index (κ3) is 7.51. The number of fused-ring (bicyclic) bond motifs is 7. The van der Waals surface area contributed by atoms with Crippen molar-refractivity contribution in [3.63, 3.8) is 0 Å². The van der Waals surface area contributed by atoms with Crippen molar-refractivity contribution in [1.82, 2.24) is 4.57 Å². The molecule has 3 heterocycles. The highest BCUT2D eigenvalue weighted by molar-refractivity contribution is 7.21. The molecular formula is C78H56BN3Si2. The number of rotatable bonds is 11. The molecule has 0 aliphatic carbocycles. The fraction of sp³-hybridized carbons (Fsp3) is 0. The normalized spacial score (nSPS) is 12.7. The Morgan fingerprint density at radius 1 is 0.238 bits per heavy atom. The van der Waals surface area contributed by atoms with Gasteiger partial charge in [-0.1, -0.05) is 285 Å². The van der Waals surface area contributed by atoms with E-state index in [4.69, 9.17) is 0 Å². The van der Waals surface area contributed by atoms with Crippen molar-refractivity contribution in [3.8, 4) is 5.69 Å². The maximum Gasteiger partial charge on any atom is 0.252 e. The molecule has 14 aromatic rings. The van der Waals surface area contributed by atoms with Gasteiger partial charge in [0.25, 0.3) is 6.71 Å². The molecule has 394 valence electrons. The number of para-hydroxylation sites is 5. The van der Waals surface area contributed by atoms with Crippen LogP contribution >= 0.6 is 0 Å². The van der Waals surface area contributed by atoms with E-state index in [-0.39, 0.29) is 6.71 Å². The van der Waals surface area contributed by atoms with Crippen LogP contribution in [0.1, 0.15) is 0 Å². The number of nitrogens with zero attached hydrogens (tertiary/aromatic N) is 3. The van der Waals surface area contributed by atoms with Crippen LogP contribution in [-0.2, 0) is 0 Å². The molecular weight excluding hydrogens is 1050 g/mol. The van der Waals surface area contributed by atoms with Gasteiger partial charge >= 0.3 is 0 Å². The molecule has 0 saturated heterocycles. The lowest BCUT2D eigenvalue weighted by Crippen LogP contribution is -2.75. The number of hydrogen-bond acceptors (Lipinski definition) is 2. The topological polar surface area (TPSA) is 11.4 Å². The second-order valence-electron chi connectivity index (χ2n) is 22.3. The van der Waals surface area contributed by atoms with E-state index in [1.54, 1.807) is 0 Å². The van der Waals surface area contributed by atoms with Gasteiger partial charge in [0.05, 0.1) is 16.7 Å². The van der Waals surface area contributed by atoms with Gasteiger partial charge in [-0.3, -0.25) is 0 Å². The number of aromatic nitrogens is 1. The minimum atomic E-state index is -3.22. The second kappa shape index (κ2) is 20.3. The summed E-state index contributed by atoms with van der Waals surface area (Å²) in [4.78, 5) is 5.27.